The number of anilines is 1. The minimum atomic E-state index is -0.215. The molecular weight excluding hydrogens is 256 g/mol. The summed E-state index contributed by atoms with van der Waals surface area (Å²) in [5.74, 6) is 1.33. The molecule has 0 radical (unpaired) electrons. The van der Waals surface area contributed by atoms with Crippen LogP contribution in [0.15, 0.2) is 22.7 Å². The first kappa shape index (κ1) is 14.0. The third-order valence-corrected chi connectivity index (χ3v) is 2.74. The Morgan fingerprint density at radius 2 is 2.25 bits per heavy atom. The summed E-state index contributed by atoms with van der Waals surface area (Å²) in [4.78, 5) is 20.3. The zero-order valence-electron chi connectivity index (χ0n) is 11.6. The number of hydrogen-bond donors (Lipinski definition) is 2. The average molecular weight is 274 g/mol. The molecule has 6 heteroatoms. The fraction of sp³-hybridized carbons (Fsp3) is 0.357. The van der Waals surface area contributed by atoms with Crippen molar-refractivity contribution in [1.82, 2.24) is 15.3 Å². The van der Waals surface area contributed by atoms with Gasteiger partial charge in [0.2, 0.25) is 5.89 Å². The second-order valence-corrected chi connectivity index (χ2v) is 4.57. The molecule has 0 aliphatic heterocycles. The minimum absolute atomic E-state index is 0.215. The second kappa shape index (κ2) is 6.18. The molecule has 0 saturated heterocycles. The number of aryl methyl sites for hydroxylation is 2. The topological polar surface area (TPSA) is 94.0 Å². The highest BCUT2D eigenvalue weighted by Gasteiger charge is 2.10. The van der Waals surface area contributed by atoms with Crippen molar-refractivity contribution in [3.63, 3.8) is 0 Å². The van der Waals surface area contributed by atoms with E-state index in [9.17, 15) is 4.79 Å². The Hall–Kier alpha value is -2.37. The van der Waals surface area contributed by atoms with Gasteiger partial charge < -0.3 is 15.5 Å². The molecule has 20 heavy (non-hydrogen) atoms. The lowest BCUT2D eigenvalue weighted by atomic mass is 10.1. The first-order valence-corrected chi connectivity index (χ1v) is 6.54. The summed E-state index contributed by atoms with van der Waals surface area (Å²) in [5.41, 5.74) is 7.04. The van der Waals surface area contributed by atoms with E-state index in [-0.39, 0.29) is 12.5 Å². The lowest BCUT2D eigenvalue weighted by Crippen LogP contribution is -2.23. The number of rotatable bonds is 5. The number of nitrogens with two attached hydrogens (primary N) is 1. The predicted octanol–water partition coefficient (Wildman–Crippen LogP) is 1.84. The number of nitrogens with zero attached hydrogens (tertiary/aromatic N) is 2. The quantitative estimate of drug-likeness (QED) is 0.867. The molecule has 0 fully saturated rings. The molecular formula is C14H18N4O2. The van der Waals surface area contributed by atoms with Crippen LogP contribution >= 0.6 is 0 Å². The summed E-state index contributed by atoms with van der Waals surface area (Å²) in [7, 11) is 0. The summed E-state index contributed by atoms with van der Waals surface area (Å²) in [6, 6.07) is 3.32. The van der Waals surface area contributed by atoms with E-state index < -0.39 is 0 Å². The third kappa shape index (κ3) is 3.57. The third-order valence-electron chi connectivity index (χ3n) is 2.74. The van der Waals surface area contributed by atoms with Gasteiger partial charge in [0, 0.05) is 11.3 Å². The Morgan fingerprint density at radius 1 is 1.45 bits per heavy atom. The minimum Gasteiger partial charge on any atom is -0.444 e. The van der Waals surface area contributed by atoms with E-state index in [4.69, 9.17) is 10.2 Å². The summed E-state index contributed by atoms with van der Waals surface area (Å²) < 4.78 is 5.29. The van der Waals surface area contributed by atoms with Crippen LogP contribution in [0.25, 0.3) is 0 Å². The first-order valence-electron chi connectivity index (χ1n) is 6.54. The molecule has 0 unspecified atom stereocenters. The van der Waals surface area contributed by atoms with Crippen LogP contribution in [-0.2, 0) is 13.0 Å². The van der Waals surface area contributed by atoms with Crippen LogP contribution in [0.2, 0.25) is 0 Å². The number of pyridine rings is 1. The number of aromatic nitrogens is 2. The molecule has 2 aromatic rings. The van der Waals surface area contributed by atoms with Crippen LogP contribution in [0, 0.1) is 6.92 Å². The molecule has 1 amide bonds. The molecule has 0 bridgehead atoms. The number of carbonyl (C=O) groups excluding carboxylic acids is 1. The van der Waals surface area contributed by atoms with Crippen LogP contribution in [0.3, 0.4) is 0 Å². The normalized spacial score (nSPS) is 10.5. The van der Waals surface area contributed by atoms with Gasteiger partial charge in [0.25, 0.3) is 5.91 Å². The van der Waals surface area contributed by atoms with Crippen LogP contribution in [-0.4, -0.2) is 15.9 Å². The summed E-state index contributed by atoms with van der Waals surface area (Å²) >= 11 is 0. The van der Waals surface area contributed by atoms with E-state index in [1.807, 2.05) is 0 Å². The van der Waals surface area contributed by atoms with E-state index in [2.05, 4.69) is 22.2 Å². The molecule has 0 saturated carbocycles. The number of oxazole rings is 1. The lowest BCUT2D eigenvalue weighted by Gasteiger charge is -2.06. The number of carbonyl (C=O) groups is 1. The van der Waals surface area contributed by atoms with Gasteiger partial charge in [-0.25, -0.2) is 9.97 Å². The second-order valence-electron chi connectivity index (χ2n) is 4.57. The van der Waals surface area contributed by atoms with Gasteiger partial charge in [0.05, 0.1) is 12.7 Å². The first-order chi connectivity index (χ1) is 9.58. The Balaban J connectivity index is 2.04. The van der Waals surface area contributed by atoms with Crippen molar-refractivity contribution >= 4 is 11.7 Å². The van der Waals surface area contributed by atoms with Crippen molar-refractivity contribution < 1.29 is 9.21 Å². The van der Waals surface area contributed by atoms with E-state index in [0.717, 1.165) is 18.5 Å². The molecule has 3 N–H and O–H groups in total. The molecule has 6 nitrogen and oxygen atoms in total. The number of nitrogen functional groups attached to an aromatic ring is 1. The van der Waals surface area contributed by atoms with Gasteiger partial charge >= 0.3 is 0 Å². The molecule has 106 valence electrons. The monoisotopic (exact) mass is 274 g/mol. The van der Waals surface area contributed by atoms with Crippen molar-refractivity contribution in [3.05, 3.63) is 41.2 Å². The molecule has 2 rings (SSSR count). The molecule has 0 atom stereocenters. The molecule has 0 aliphatic rings. The van der Waals surface area contributed by atoms with Gasteiger partial charge in [-0.2, -0.15) is 0 Å². The summed E-state index contributed by atoms with van der Waals surface area (Å²) in [5, 5.41) is 2.75. The maximum atomic E-state index is 12.1. The van der Waals surface area contributed by atoms with Gasteiger partial charge in [-0.1, -0.05) is 13.3 Å². The average Bonchev–Trinajstić information content (AvgIpc) is 2.81. The van der Waals surface area contributed by atoms with Crippen molar-refractivity contribution in [2.24, 2.45) is 0 Å². The smallest absolute Gasteiger partial charge is 0.251 e. The van der Waals surface area contributed by atoms with Crippen molar-refractivity contribution in [3.8, 4) is 0 Å². The van der Waals surface area contributed by atoms with Crippen molar-refractivity contribution in [2.45, 2.75) is 33.2 Å². The van der Waals surface area contributed by atoms with Crippen LogP contribution in [0.4, 0.5) is 5.82 Å². The van der Waals surface area contributed by atoms with Gasteiger partial charge in [-0.05, 0) is 25.5 Å². The van der Waals surface area contributed by atoms with Gasteiger partial charge in [-0.15, -0.1) is 0 Å². The maximum Gasteiger partial charge on any atom is 0.251 e. The van der Waals surface area contributed by atoms with Gasteiger partial charge in [0.15, 0.2) is 0 Å². The fourth-order valence-electron chi connectivity index (χ4n) is 1.87. The lowest BCUT2D eigenvalue weighted by molar-refractivity contribution is 0.0947. The number of hydrogen-bond acceptors (Lipinski definition) is 5. The fourth-order valence-corrected chi connectivity index (χ4v) is 1.87. The van der Waals surface area contributed by atoms with Crippen molar-refractivity contribution in [2.75, 3.05) is 5.73 Å². The van der Waals surface area contributed by atoms with Crippen LogP contribution in [0.1, 0.15) is 41.0 Å². The Labute approximate surface area is 117 Å². The Bertz CT molecular complexity index is 607. The molecule has 0 aliphatic carbocycles. The number of nitrogens with one attached hydrogen (secondary N) is 1. The Morgan fingerprint density at radius 3 is 2.90 bits per heavy atom. The molecule has 0 aromatic carbocycles. The van der Waals surface area contributed by atoms with E-state index in [1.54, 1.807) is 25.3 Å². The Kier molecular flexibility index (Phi) is 4.34. The highest BCUT2D eigenvalue weighted by molar-refractivity contribution is 5.94. The van der Waals surface area contributed by atoms with Crippen LogP contribution < -0.4 is 11.1 Å². The molecule has 2 heterocycles. The van der Waals surface area contributed by atoms with E-state index >= 15 is 0 Å². The summed E-state index contributed by atoms with van der Waals surface area (Å²) in [6.07, 6.45) is 3.36. The highest BCUT2D eigenvalue weighted by atomic mass is 16.4. The molecule has 2 aromatic heterocycles. The SMILES string of the molecule is CCCc1cc(C(=O)NCc2ncc(C)o2)cc(N)n1. The zero-order valence-corrected chi connectivity index (χ0v) is 11.6. The van der Waals surface area contributed by atoms with Gasteiger partial charge in [0.1, 0.15) is 11.6 Å². The van der Waals surface area contributed by atoms with Gasteiger partial charge in [-0.3, -0.25) is 4.79 Å². The standard InChI is InChI=1S/C14H18N4O2/c1-3-4-11-5-10(6-12(15)18-11)14(19)17-8-13-16-7-9(2)20-13/h5-7H,3-4,8H2,1-2H3,(H2,15,18)(H,17,19). The zero-order chi connectivity index (χ0) is 14.5. The van der Waals surface area contributed by atoms with E-state index in [1.165, 1.54) is 0 Å². The predicted molar refractivity (Wildman–Crippen MR) is 75.1 cm³/mol. The van der Waals surface area contributed by atoms with Crippen LogP contribution in [0.5, 0.6) is 0 Å². The summed E-state index contributed by atoms with van der Waals surface area (Å²) in [6.45, 7) is 4.10. The van der Waals surface area contributed by atoms with E-state index in [0.29, 0.717) is 23.0 Å². The largest absolute Gasteiger partial charge is 0.444 e. The number of amides is 1. The highest BCUT2D eigenvalue weighted by Crippen LogP contribution is 2.10. The maximum absolute atomic E-state index is 12.1. The van der Waals surface area contributed by atoms with Crippen molar-refractivity contribution in [1.29, 1.82) is 0 Å². The molecule has 0 spiro atoms.